The Labute approximate surface area is 170 Å². The van der Waals surface area contributed by atoms with E-state index < -0.39 is 0 Å². The van der Waals surface area contributed by atoms with Gasteiger partial charge in [0.05, 0.1) is 27.5 Å². The Bertz CT molecular complexity index is 1220. The highest BCUT2D eigenvalue weighted by molar-refractivity contribution is 7.19. The second kappa shape index (κ2) is 7.46. The first-order valence-electron chi connectivity index (χ1n) is 8.30. The van der Waals surface area contributed by atoms with Crippen LogP contribution in [0.3, 0.4) is 0 Å². The van der Waals surface area contributed by atoms with Crippen LogP contribution in [0.2, 0.25) is 5.15 Å². The fraction of sp³-hybridized carbons (Fsp3) is 0.0500. The molecule has 0 radical (unpaired) electrons. The molecule has 28 heavy (non-hydrogen) atoms. The summed E-state index contributed by atoms with van der Waals surface area (Å²) in [6.45, 7) is 7.42. The third kappa shape index (κ3) is 3.15. The molecule has 0 unspecified atom stereocenters. The molecule has 138 valence electrons. The molecule has 0 saturated carbocycles. The van der Waals surface area contributed by atoms with Gasteiger partial charge < -0.3 is 4.57 Å². The van der Waals surface area contributed by atoms with Crippen molar-refractivity contribution in [2.24, 2.45) is 12.0 Å². The molecular weight excluding hydrogens is 392 g/mol. The largest absolute Gasteiger partial charge is 0.350 e. The van der Waals surface area contributed by atoms with Gasteiger partial charge in [-0.05, 0) is 24.9 Å². The summed E-state index contributed by atoms with van der Waals surface area (Å²) in [7, 11) is 1.98. The van der Waals surface area contributed by atoms with Crippen molar-refractivity contribution in [3.63, 3.8) is 0 Å². The Morgan fingerprint density at radius 1 is 1.29 bits per heavy atom. The number of aromatic nitrogens is 5. The van der Waals surface area contributed by atoms with E-state index in [0.717, 1.165) is 32.0 Å². The molecule has 0 N–H and O–H groups in total. The van der Waals surface area contributed by atoms with E-state index in [0.29, 0.717) is 16.5 Å². The predicted molar refractivity (Wildman–Crippen MR) is 116 cm³/mol. The summed E-state index contributed by atoms with van der Waals surface area (Å²) in [6.07, 6.45) is 10.3. The number of nitrogens with zero attached hydrogens (tertiary/aromatic N) is 6. The molecule has 0 amide bonds. The van der Waals surface area contributed by atoms with Crippen LogP contribution in [-0.4, -0.2) is 31.2 Å². The number of allylic oxidation sites excluding steroid dienone is 2. The van der Waals surface area contributed by atoms with Gasteiger partial charge in [0.15, 0.2) is 0 Å². The first-order valence-corrected chi connectivity index (χ1v) is 9.49. The van der Waals surface area contributed by atoms with Gasteiger partial charge in [-0.2, -0.15) is 0 Å². The summed E-state index contributed by atoms with van der Waals surface area (Å²) in [6, 6.07) is 4.00. The molecule has 0 aliphatic heterocycles. The van der Waals surface area contributed by atoms with Crippen molar-refractivity contribution in [2.75, 3.05) is 0 Å². The van der Waals surface area contributed by atoms with Crippen LogP contribution < -0.4 is 0 Å². The molecule has 0 saturated heterocycles. The number of hydrogen-bond donors (Lipinski definition) is 0. The standard InChI is InChI=1S/C20H15ClN6S/c1-4-5-14(22-2)17-13-6-7-27(3)16(13)8-15(25-17)18-19(21)26-20(28-18)12-9-23-11-24-10-12/h4-11H,1-2H2,3H3/b14-5-. The molecule has 4 heterocycles. The van der Waals surface area contributed by atoms with Crippen molar-refractivity contribution in [1.82, 2.24) is 24.5 Å². The van der Waals surface area contributed by atoms with Crippen LogP contribution >= 0.6 is 22.9 Å². The minimum atomic E-state index is 0.386. The van der Waals surface area contributed by atoms with Crippen molar-refractivity contribution in [3.8, 4) is 21.1 Å². The molecule has 4 rings (SSSR count). The van der Waals surface area contributed by atoms with Gasteiger partial charge in [-0.15, -0.1) is 11.3 Å². The van der Waals surface area contributed by atoms with Crippen LogP contribution in [-0.2, 0) is 7.05 Å². The summed E-state index contributed by atoms with van der Waals surface area (Å²) in [4.78, 5) is 22.3. The van der Waals surface area contributed by atoms with Crippen molar-refractivity contribution < 1.29 is 0 Å². The SMILES string of the molecule is C=C/C=C(\N=C)c1nc(-c2sc(-c3cncnc3)nc2Cl)cc2c1ccn2C. The Hall–Kier alpha value is -3.16. The molecule has 8 heteroatoms. The lowest BCUT2D eigenvalue weighted by Gasteiger charge is -2.07. The Kier molecular flexibility index (Phi) is 4.85. The molecule has 0 bridgehead atoms. The van der Waals surface area contributed by atoms with Gasteiger partial charge in [0.2, 0.25) is 0 Å². The van der Waals surface area contributed by atoms with E-state index in [9.17, 15) is 0 Å². The molecule has 0 aliphatic rings. The molecule has 0 aromatic carbocycles. The fourth-order valence-corrected chi connectivity index (χ4v) is 4.13. The van der Waals surface area contributed by atoms with Crippen molar-refractivity contribution in [1.29, 1.82) is 0 Å². The molecule has 0 atom stereocenters. The number of fused-ring (bicyclic) bond motifs is 1. The number of aryl methyl sites for hydroxylation is 1. The summed E-state index contributed by atoms with van der Waals surface area (Å²) in [5.41, 5.74) is 3.89. The minimum absolute atomic E-state index is 0.386. The average Bonchev–Trinajstić information content (AvgIpc) is 3.29. The van der Waals surface area contributed by atoms with E-state index in [1.807, 2.05) is 29.9 Å². The molecule has 6 nitrogen and oxygen atoms in total. The van der Waals surface area contributed by atoms with E-state index in [4.69, 9.17) is 16.6 Å². The van der Waals surface area contributed by atoms with Crippen LogP contribution in [0.15, 0.2) is 60.8 Å². The van der Waals surface area contributed by atoms with Crippen LogP contribution in [0.1, 0.15) is 5.69 Å². The summed E-state index contributed by atoms with van der Waals surface area (Å²) in [5, 5.41) is 2.10. The number of aliphatic imine (C=N–C) groups is 1. The molecule has 4 aromatic rings. The second-order valence-corrected chi connectivity index (χ2v) is 7.28. The van der Waals surface area contributed by atoms with Gasteiger partial charge in [-0.25, -0.2) is 19.9 Å². The van der Waals surface area contributed by atoms with Crippen LogP contribution in [0.25, 0.3) is 37.7 Å². The number of halogens is 1. The summed E-state index contributed by atoms with van der Waals surface area (Å²) in [5.74, 6) is 0. The fourth-order valence-electron chi connectivity index (χ4n) is 2.89. The van der Waals surface area contributed by atoms with Gasteiger partial charge in [-0.3, -0.25) is 4.99 Å². The van der Waals surface area contributed by atoms with E-state index in [-0.39, 0.29) is 0 Å². The number of thiazole rings is 1. The quantitative estimate of drug-likeness (QED) is 0.344. The molecule has 0 fully saturated rings. The lowest BCUT2D eigenvalue weighted by atomic mass is 10.1. The maximum atomic E-state index is 6.47. The zero-order valence-electron chi connectivity index (χ0n) is 15.0. The number of pyridine rings is 1. The maximum absolute atomic E-state index is 6.47. The Morgan fingerprint density at radius 3 is 2.79 bits per heavy atom. The van der Waals surface area contributed by atoms with Gasteiger partial charge in [0.25, 0.3) is 0 Å². The summed E-state index contributed by atoms with van der Waals surface area (Å²) < 4.78 is 2.03. The molecular formula is C20H15ClN6S. The van der Waals surface area contributed by atoms with Crippen molar-refractivity contribution >= 4 is 46.3 Å². The maximum Gasteiger partial charge on any atom is 0.150 e. The van der Waals surface area contributed by atoms with E-state index >= 15 is 0 Å². The summed E-state index contributed by atoms with van der Waals surface area (Å²) >= 11 is 7.91. The van der Waals surface area contributed by atoms with Gasteiger partial charge in [-0.1, -0.05) is 24.3 Å². The lowest BCUT2D eigenvalue weighted by Crippen LogP contribution is -1.94. The highest BCUT2D eigenvalue weighted by Crippen LogP contribution is 2.39. The topological polar surface area (TPSA) is 68.8 Å². The van der Waals surface area contributed by atoms with E-state index in [1.165, 1.54) is 17.7 Å². The zero-order valence-corrected chi connectivity index (χ0v) is 16.6. The van der Waals surface area contributed by atoms with Gasteiger partial charge >= 0.3 is 0 Å². The Morgan fingerprint density at radius 2 is 2.07 bits per heavy atom. The number of rotatable bonds is 5. The van der Waals surface area contributed by atoms with E-state index in [1.54, 1.807) is 24.5 Å². The monoisotopic (exact) mass is 406 g/mol. The molecule has 0 aliphatic carbocycles. The van der Waals surface area contributed by atoms with Crippen molar-refractivity contribution in [2.45, 2.75) is 0 Å². The first kappa shape index (κ1) is 18.2. The predicted octanol–water partition coefficient (Wildman–Crippen LogP) is 5.03. The highest BCUT2D eigenvalue weighted by atomic mass is 35.5. The number of hydrogen-bond acceptors (Lipinski definition) is 6. The van der Waals surface area contributed by atoms with Crippen LogP contribution in [0.4, 0.5) is 0 Å². The zero-order chi connectivity index (χ0) is 19.7. The highest BCUT2D eigenvalue weighted by Gasteiger charge is 2.18. The smallest absolute Gasteiger partial charge is 0.150 e. The molecule has 0 spiro atoms. The molecule has 4 aromatic heterocycles. The van der Waals surface area contributed by atoms with Gasteiger partial charge in [0, 0.05) is 36.6 Å². The Balaban J connectivity index is 1.94. The average molecular weight is 407 g/mol. The lowest BCUT2D eigenvalue weighted by molar-refractivity contribution is 0.968. The van der Waals surface area contributed by atoms with Crippen molar-refractivity contribution in [3.05, 3.63) is 66.6 Å². The normalized spacial score (nSPS) is 11.7. The third-order valence-corrected chi connectivity index (χ3v) is 5.71. The van der Waals surface area contributed by atoms with Crippen LogP contribution in [0.5, 0.6) is 0 Å². The van der Waals surface area contributed by atoms with Crippen LogP contribution in [0, 0.1) is 0 Å². The van der Waals surface area contributed by atoms with Gasteiger partial charge in [0.1, 0.15) is 16.5 Å². The second-order valence-electron chi connectivity index (χ2n) is 5.93. The first-order chi connectivity index (χ1) is 13.6. The third-order valence-electron chi connectivity index (χ3n) is 4.20. The van der Waals surface area contributed by atoms with E-state index in [2.05, 4.69) is 33.2 Å². The minimum Gasteiger partial charge on any atom is -0.350 e.